The Morgan fingerprint density at radius 2 is 1.61 bits per heavy atom. The molecule has 10 nitrogen and oxygen atoms in total. The monoisotopic (exact) mass is 623 g/mol. The number of aromatic nitrogens is 3. The maximum absolute atomic E-state index is 13.3. The van der Waals surface area contributed by atoms with Crippen molar-refractivity contribution in [1.29, 1.82) is 0 Å². The number of nitrogens with one attached hydrogen (secondary N) is 2. The number of ether oxygens (including phenoxy) is 1. The molecule has 5 rings (SSSR count). The molecule has 0 saturated carbocycles. The number of halogens is 1. The smallest absolute Gasteiger partial charge is 0.255 e. The van der Waals surface area contributed by atoms with Crippen molar-refractivity contribution >= 4 is 11.8 Å². The number of phenols is 1. The van der Waals surface area contributed by atoms with Crippen molar-refractivity contribution < 1.29 is 28.9 Å². The highest BCUT2D eigenvalue weighted by atomic mass is 19.1. The molecule has 2 unspecified atom stereocenters. The minimum absolute atomic E-state index is 0.0719. The van der Waals surface area contributed by atoms with E-state index in [0.717, 1.165) is 5.56 Å². The number of nitrogens with zero attached hydrogens (tertiary/aromatic N) is 3. The lowest BCUT2D eigenvalue weighted by Gasteiger charge is -2.30. The molecule has 0 aliphatic rings. The quantitative estimate of drug-likeness (QED) is 0.164. The van der Waals surface area contributed by atoms with Crippen LogP contribution in [0, 0.1) is 5.82 Å². The zero-order valence-electron chi connectivity index (χ0n) is 25.5. The van der Waals surface area contributed by atoms with Gasteiger partial charge in [0, 0.05) is 25.4 Å². The fourth-order valence-electron chi connectivity index (χ4n) is 4.84. The molecule has 2 atom stereocenters. The van der Waals surface area contributed by atoms with Crippen LogP contribution in [0.25, 0.3) is 11.3 Å². The molecule has 236 valence electrons. The Morgan fingerprint density at radius 1 is 0.935 bits per heavy atom. The van der Waals surface area contributed by atoms with Crippen molar-refractivity contribution in [3.8, 4) is 28.5 Å². The second-order valence-corrected chi connectivity index (χ2v) is 11.3. The number of aromatic hydroxyl groups is 1. The minimum Gasteiger partial charge on any atom is -0.507 e. The van der Waals surface area contributed by atoms with Crippen LogP contribution >= 0.6 is 0 Å². The summed E-state index contributed by atoms with van der Waals surface area (Å²) in [5.41, 5.74) is 0.933. The van der Waals surface area contributed by atoms with Crippen molar-refractivity contribution in [2.24, 2.45) is 7.05 Å². The highest BCUT2D eigenvalue weighted by molar-refractivity contribution is 5.96. The molecule has 0 saturated heterocycles. The topological polar surface area (TPSA) is 139 Å². The van der Waals surface area contributed by atoms with E-state index in [1.807, 2.05) is 37.4 Å². The van der Waals surface area contributed by atoms with E-state index in [1.165, 1.54) is 38.1 Å². The van der Waals surface area contributed by atoms with Crippen LogP contribution in [0.5, 0.6) is 17.2 Å². The van der Waals surface area contributed by atoms with Crippen LogP contribution in [-0.4, -0.2) is 54.8 Å². The summed E-state index contributed by atoms with van der Waals surface area (Å²) in [6.45, 7) is 2.67. The fourth-order valence-corrected chi connectivity index (χ4v) is 4.84. The summed E-state index contributed by atoms with van der Waals surface area (Å²) in [5, 5.41) is 26.4. The van der Waals surface area contributed by atoms with Gasteiger partial charge in [0.15, 0.2) is 0 Å². The van der Waals surface area contributed by atoms with Crippen LogP contribution in [0.4, 0.5) is 4.39 Å². The lowest BCUT2D eigenvalue weighted by molar-refractivity contribution is -0.137. The van der Waals surface area contributed by atoms with Crippen molar-refractivity contribution in [2.45, 2.75) is 31.4 Å². The van der Waals surface area contributed by atoms with E-state index in [4.69, 9.17) is 9.72 Å². The molecular weight excluding hydrogens is 589 g/mol. The van der Waals surface area contributed by atoms with Gasteiger partial charge in [-0.15, -0.1) is 0 Å². The summed E-state index contributed by atoms with van der Waals surface area (Å²) in [7, 11) is 1.82. The number of pyridine rings is 1. The Bertz CT molecular complexity index is 1820. The average Bonchev–Trinajstić information content (AvgIpc) is 3.46. The zero-order chi connectivity index (χ0) is 32.8. The number of carbonyl (C=O) groups is 2. The molecule has 2 amide bonds. The number of aliphatic hydroxyl groups is 1. The largest absolute Gasteiger partial charge is 0.507 e. The standard InChI is InChI=1S/C35H34FN5O5/c1-35(2,45)34(44)40-29(19-37-33(43)26-7-4-5-10-31(26)42)32(30-20-41(3)21-38-30)28-9-6-8-27(39-28)22-11-15-24(16-12-22)46-25-17-13-23(36)14-18-25/h4-18,20-21,29,32,42,45H,19H2,1-3H3,(H,37,43)(H,40,44). The third-order valence-electron chi connectivity index (χ3n) is 7.24. The Balaban J connectivity index is 1.47. The van der Waals surface area contributed by atoms with E-state index in [1.54, 1.807) is 53.5 Å². The number of benzene rings is 3. The number of para-hydroxylation sites is 1. The van der Waals surface area contributed by atoms with Gasteiger partial charge in [-0.3, -0.25) is 14.6 Å². The van der Waals surface area contributed by atoms with Crippen LogP contribution in [-0.2, 0) is 11.8 Å². The van der Waals surface area contributed by atoms with E-state index in [9.17, 15) is 24.2 Å². The number of rotatable bonds is 11. The van der Waals surface area contributed by atoms with Gasteiger partial charge in [-0.1, -0.05) is 18.2 Å². The SMILES string of the molecule is Cn1cnc(C(c2cccc(-c3ccc(Oc4ccc(F)cc4)cc3)n2)C(CNC(=O)c2ccccc2O)NC(=O)C(C)(C)O)c1. The molecule has 4 N–H and O–H groups in total. The maximum Gasteiger partial charge on any atom is 0.255 e. The number of hydrogen-bond donors (Lipinski definition) is 4. The van der Waals surface area contributed by atoms with Crippen LogP contribution in [0.1, 0.15) is 41.5 Å². The second-order valence-electron chi connectivity index (χ2n) is 11.3. The number of phenolic OH excluding ortho intramolecular Hbond substituents is 1. The lowest BCUT2D eigenvalue weighted by atomic mass is 9.90. The Hall–Kier alpha value is -5.55. The third-order valence-corrected chi connectivity index (χ3v) is 7.24. The Morgan fingerprint density at radius 3 is 2.24 bits per heavy atom. The zero-order valence-corrected chi connectivity index (χ0v) is 25.5. The average molecular weight is 624 g/mol. The molecule has 11 heteroatoms. The first-order valence-electron chi connectivity index (χ1n) is 14.6. The van der Waals surface area contributed by atoms with E-state index < -0.39 is 29.4 Å². The summed E-state index contributed by atoms with van der Waals surface area (Å²) >= 11 is 0. The number of imidazole rings is 1. The number of aryl methyl sites for hydroxylation is 1. The molecule has 2 heterocycles. The van der Waals surface area contributed by atoms with Gasteiger partial charge >= 0.3 is 0 Å². The first-order valence-corrected chi connectivity index (χ1v) is 14.6. The summed E-state index contributed by atoms with van der Waals surface area (Å²) < 4.78 is 20.9. The summed E-state index contributed by atoms with van der Waals surface area (Å²) in [6.07, 6.45) is 3.43. The summed E-state index contributed by atoms with van der Waals surface area (Å²) in [4.78, 5) is 35.6. The van der Waals surface area contributed by atoms with Gasteiger partial charge in [-0.2, -0.15) is 0 Å². The Labute approximate surface area is 265 Å². The number of amides is 2. The maximum atomic E-state index is 13.3. The van der Waals surface area contributed by atoms with Crippen LogP contribution < -0.4 is 15.4 Å². The molecule has 5 aromatic rings. The number of carbonyl (C=O) groups excluding carboxylic acids is 2. The normalized spacial score (nSPS) is 12.6. The Kier molecular flexibility index (Phi) is 9.43. The molecule has 0 spiro atoms. The fraction of sp³-hybridized carbons (Fsp3) is 0.200. The van der Waals surface area contributed by atoms with Gasteiger partial charge in [0.05, 0.1) is 40.9 Å². The first-order chi connectivity index (χ1) is 22.0. The van der Waals surface area contributed by atoms with E-state index >= 15 is 0 Å². The summed E-state index contributed by atoms with van der Waals surface area (Å²) in [6, 6.07) is 23.8. The van der Waals surface area contributed by atoms with Gasteiger partial charge in [0.2, 0.25) is 0 Å². The predicted molar refractivity (Wildman–Crippen MR) is 170 cm³/mol. The van der Waals surface area contributed by atoms with Crippen molar-refractivity contribution in [3.63, 3.8) is 0 Å². The van der Waals surface area contributed by atoms with Crippen LogP contribution in [0.2, 0.25) is 0 Å². The molecule has 0 aliphatic carbocycles. The van der Waals surface area contributed by atoms with Gasteiger partial charge in [0.1, 0.15) is 28.7 Å². The third kappa shape index (κ3) is 7.74. The predicted octanol–water partition coefficient (Wildman–Crippen LogP) is 4.94. The molecule has 0 radical (unpaired) electrons. The van der Waals surface area contributed by atoms with E-state index in [0.29, 0.717) is 28.6 Å². The van der Waals surface area contributed by atoms with Gasteiger partial charge < -0.3 is 30.2 Å². The van der Waals surface area contributed by atoms with Crippen molar-refractivity contribution in [1.82, 2.24) is 25.2 Å². The molecular formula is C35H34FN5O5. The number of hydrogen-bond acceptors (Lipinski definition) is 7. The van der Waals surface area contributed by atoms with Gasteiger partial charge in [0.25, 0.3) is 11.8 Å². The van der Waals surface area contributed by atoms with Gasteiger partial charge in [-0.05, 0) is 86.6 Å². The molecule has 0 bridgehead atoms. The van der Waals surface area contributed by atoms with Gasteiger partial charge in [-0.25, -0.2) is 9.37 Å². The second kappa shape index (κ2) is 13.6. The first kappa shape index (κ1) is 31.9. The lowest BCUT2D eigenvalue weighted by Crippen LogP contribution is -2.53. The molecule has 0 aliphatic heterocycles. The van der Waals surface area contributed by atoms with Crippen LogP contribution in [0.15, 0.2) is 104 Å². The molecule has 2 aromatic heterocycles. The molecule has 46 heavy (non-hydrogen) atoms. The molecule has 3 aromatic carbocycles. The van der Waals surface area contributed by atoms with Crippen molar-refractivity contribution in [2.75, 3.05) is 6.54 Å². The van der Waals surface area contributed by atoms with Crippen molar-refractivity contribution in [3.05, 3.63) is 126 Å². The highest BCUT2D eigenvalue weighted by Gasteiger charge is 2.34. The van der Waals surface area contributed by atoms with E-state index in [-0.39, 0.29) is 23.7 Å². The minimum atomic E-state index is -1.71. The highest BCUT2D eigenvalue weighted by Crippen LogP contribution is 2.30. The summed E-state index contributed by atoms with van der Waals surface area (Å²) in [5.74, 6) is -1.31. The van der Waals surface area contributed by atoms with Crippen LogP contribution in [0.3, 0.4) is 0 Å². The van der Waals surface area contributed by atoms with E-state index in [2.05, 4.69) is 15.6 Å². The molecule has 0 fully saturated rings.